The Morgan fingerprint density at radius 3 is 2.94 bits per heavy atom. The molecule has 92 valence electrons. The zero-order chi connectivity index (χ0) is 11.6. The largest absolute Gasteiger partial charge is 0.386 e. The molecule has 2 aliphatic heterocycles. The third kappa shape index (κ3) is 2.53. The molecule has 0 aromatic rings. The smallest absolute Gasteiger partial charge is 0.224 e. The Kier molecular flexibility index (Phi) is 3.47. The van der Waals surface area contributed by atoms with E-state index in [2.05, 4.69) is 5.32 Å². The van der Waals surface area contributed by atoms with E-state index in [4.69, 9.17) is 4.74 Å². The highest BCUT2D eigenvalue weighted by molar-refractivity contribution is 5.78. The lowest BCUT2D eigenvalue weighted by atomic mass is 9.91. The molecule has 0 aromatic heterocycles. The first-order valence-corrected chi connectivity index (χ1v) is 5.94. The van der Waals surface area contributed by atoms with Crippen LogP contribution in [0.25, 0.3) is 0 Å². The van der Waals surface area contributed by atoms with Crippen LogP contribution in [0.3, 0.4) is 0 Å². The molecule has 0 aromatic carbocycles. The van der Waals surface area contributed by atoms with Crippen molar-refractivity contribution in [1.29, 1.82) is 0 Å². The summed E-state index contributed by atoms with van der Waals surface area (Å²) >= 11 is 0. The van der Waals surface area contributed by atoms with E-state index in [0.29, 0.717) is 32.5 Å². The van der Waals surface area contributed by atoms with Crippen LogP contribution in [0.4, 0.5) is 0 Å². The molecule has 2 N–H and O–H groups in total. The number of carbonyl (C=O) groups excluding carboxylic acids is 1. The number of amides is 1. The predicted molar refractivity (Wildman–Crippen MR) is 59.0 cm³/mol. The highest BCUT2D eigenvalue weighted by Gasteiger charge is 2.42. The summed E-state index contributed by atoms with van der Waals surface area (Å²) in [4.78, 5) is 13.5. The Labute approximate surface area is 95.8 Å². The van der Waals surface area contributed by atoms with Crippen LogP contribution in [0.1, 0.15) is 19.8 Å². The topological polar surface area (TPSA) is 61.8 Å². The average molecular weight is 228 g/mol. The number of rotatable bonds is 3. The van der Waals surface area contributed by atoms with Crippen LogP contribution in [0.2, 0.25) is 0 Å². The normalized spacial score (nSPS) is 28.6. The van der Waals surface area contributed by atoms with Gasteiger partial charge in [-0.2, -0.15) is 0 Å². The van der Waals surface area contributed by atoms with Gasteiger partial charge >= 0.3 is 0 Å². The van der Waals surface area contributed by atoms with Gasteiger partial charge in [-0.25, -0.2) is 0 Å². The van der Waals surface area contributed by atoms with Gasteiger partial charge in [0.15, 0.2) is 0 Å². The van der Waals surface area contributed by atoms with Crippen LogP contribution in [-0.4, -0.2) is 60.4 Å². The van der Waals surface area contributed by atoms with Gasteiger partial charge in [-0.1, -0.05) is 6.92 Å². The third-order valence-electron chi connectivity index (χ3n) is 3.40. The molecule has 5 heteroatoms. The minimum Gasteiger partial charge on any atom is -0.386 e. The molecule has 2 fully saturated rings. The number of nitrogens with zero attached hydrogens (tertiary/aromatic N) is 1. The summed E-state index contributed by atoms with van der Waals surface area (Å²) in [6.07, 6.45) is 1.18. The summed E-state index contributed by atoms with van der Waals surface area (Å²) in [5, 5.41) is 13.1. The number of hydrogen-bond donors (Lipinski definition) is 2. The van der Waals surface area contributed by atoms with E-state index in [-0.39, 0.29) is 11.9 Å². The van der Waals surface area contributed by atoms with Gasteiger partial charge in [0.1, 0.15) is 0 Å². The summed E-state index contributed by atoms with van der Waals surface area (Å²) in [7, 11) is 0. The van der Waals surface area contributed by atoms with E-state index in [0.717, 1.165) is 13.2 Å². The maximum absolute atomic E-state index is 11.8. The van der Waals surface area contributed by atoms with Gasteiger partial charge in [-0.15, -0.1) is 0 Å². The number of nitrogens with one attached hydrogen (secondary N) is 1. The van der Waals surface area contributed by atoms with Crippen molar-refractivity contribution in [1.82, 2.24) is 10.2 Å². The first-order valence-electron chi connectivity index (χ1n) is 5.94. The van der Waals surface area contributed by atoms with Crippen molar-refractivity contribution in [2.24, 2.45) is 0 Å². The van der Waals surface area contributed by atoms with E-state index in [1.54, 1.807) is 4.90 Å². The summed E-state index contributed by atoms with van der Waals surface area (Å²) in [6.45, 7) is 5.06. The van der Waals surface area contributed by atoms with Crippen molar-refractivity contribution < 1.29 is 14.6 Å². The van der Waals surface area contributed by atoms with Crippen molar-refractivity contribution in [3.63, 3.8) is 0 Å². The molecule has 0 bridgehead atoms. The number of carbonyl (C=O) groups is 1. The average Bonchev–Trinajstić information content (AvgIpc) is 2.26. The van der Waals surface area contributed by atoms with E-state index >= 15 is 0 Å². The lowest BCUT2D eigenvalue weighted by Gasteiger charge is -2.46. The number of aliphatic hydroxyl groups is 1. The number of β-amino-alcohol motifs (C(OH)–C–C–N with tert-alkyl or cyclic N) is 1. The van der Waals surface area contributed by atoms with Gasteiger partial charge in [0.05, 0.1) is 31.9 Å². The molecule has 0 radical (unpaired) electrons. The molecule has 2 rings (SSSR count). The lowest BCUT2D eigenvalue weighted by Crippen LogP contribution is -2.63. The first-order chi connectivity index (χ1) is 7.63. The van der Waals surface area contributed by atoms with E-state index < -0.39 is 5.60 Å². The lowest BCUT2D eigenvalue weighted by molar-refractivity contribution is -0.156. The van der Waals surface area contributed by atoms with Crippen molar-refractivity contribution in [3.8, 4) is 0 Å². The fourth-order valence-corrected chi connectivity index (χ4v) is 2.15. The fourth-order valence-electron chi connectivity index (χ4n) is 2.15. The van der Waals surface area contributed by atoms with E-state index in [1.165, 1.54) is 0 Å². The van der Waals surface area contributed by atoms with Crippen LogP contribution < -0.4 is 5.32 Å². The fraction of sp³-hybridized carbons (Fsp3) is 0.909. The second-order valence-electron chi connectivity index (χ2n) is 4.76. The Morgan fingerprint density at radius 1 is 1.62 bits per heavy atom. The maximum Gasteiger partial charge on any atom is 0.224 e. The summed E-state index contributed by atoms with van der Waals surface area (Å²) in [5.74, 6) is 0.112. The van der Waals surface area contributed by atoms with Crippen molar-refractivity contribution in [2.75, 3.05) is 32.8 Å². The third-order valence-corrected chi connectivity index (χ3v) is 3.40. The van der Waals surface area contributed by atoms with E-state index in [1.807, 2.05) is 6.92 Å². The van der Waals surface area contributed by atoms with Gasteiger partial charge in [0.2, 0.25) is 5.91 Å². The molecule has 0 aliphatic carbocycles. The zero-order valence-electron chi connectivity index (χ0n) is 9.74. The summed E-state index contributed by atoms with van der Waals surface area (Å²) in [6, 6.07) is 0.136. The summed E-state index contributed by atoms with van der Waals surface area (Å²) < 4.78 is 5.29. The highest BCUT2D eigenvalue weighted by Crippen LogP contribution is 2.24. The molecular formula is C11H20N2O3. The minimum absolute atomic E-state index is 0.112. The summed E-state index contributed by atoms with van der Waals surface area (Å²) in [5.41, 5.74) is -0.633. The molecular weight excluding hydrogens is 208 g/mol. The second-order valence-corrected chi connectivity index (χ2v) is 4.76. The van der Waals surface area contributed by atoms with Crippen LogP contribution in [0.15, 0.2) is 0 Å². The molecule has 1 amide bonds. The maximum atomic E-state index is 11.8. The number of hydrogen-bond acceptors (Lipinski definition) is 4. The number of ether oxygens (including phenoxy) is 1. The molecule has 1 unspecified atom stereocenters. The zero-order valence-corrected chi connectivity index (χ0v) is 9.74. The van der Waals surface area contributed by atoms with Crippen molar-refractivity contribution >= 4 is 5.91 Å². The predicted octanol–water partition coefficient (Wildman–Crippen LogP) is -0.652. The number of morpholine rings is 1. The molecule has 1 atom stereocenters. The van der Waals surface area contributed by atoms with Gasteiger partial charge in [-0.05, 0) is 6.42 Å². The quantitative estimate of drug-likeness (QED) is 0.674. The Balaban J connectivity index is 1.73. The molecule has 2 saturated heterocycles. The van der Waals surface area contributed by atoms with Crippen LogP contribution in [0.5, 0.6) is 0 Å². The Hall–Kier alpha value is -0.650. The molecule has 16 heavy (non-hydrogen) atoms. The minimum atomic E-state index is -0.633. The molecule has 5 nitrogen and oxygen atoms in total. The van der Waals surface area contributed by atoms with Gasteiger partial charge in [0, 0.05) is 19.0 Å². The number of likely N-dealkylation sites (tertiary alicyclic amines) is 1. The monoisotopic (exact) mass is 228 g/mol. The Morgan fingerprint density at radius 2 is 2.38 bits per heavy atom. The second kappa shape index (κ2) is 4.69. The van der Waals surface area contributed by atoms with Crippen molar-refractivity contribution in [2.45, 2.75) is 31.4 Å². The van der Waals surface area contributed by atoms with Crippen molar-refractivity contribution in [3.05, 3.63) is 0 Å². The first kappa shape index (κ1) is 11.8. The van der Waals surface area contributed by atoms with Crippen LogP contribution in [-0.2, 0) is 9.53 Å². The Bertz CT molecular complexity index is 258. The molecule has 0 spiro atoms. The molecule has 2 aliphatic rings. The standard InChI is InChI=1S/C11H20N2O3/c1-2-11(15)7-13(8-11)10(14)5-9-6-16-4-3-12-9/h9,12,15H,2-8H2,1H3. The van der Waals surface area contributed by atoms with Gasteiger partial charge in [-0.3, -0.25) is 4.79 Å². The van der Waals surface area contributed by atoms with Crippen LogP contribution >= 0.6 is 0 Å². The SMILES string of the molecule is CCC1(O)CN(C(=O)CC2COCCN2)C1. The van der Waals surface area contributed by atoms with Gasteiger partial charge in [0.25, 0.3) is 0 Å². The van der Waals surface area contributed by atoms with Gasteiger partial charge < -0.3 is 20.1 Å². The molecule has 2 heterocycles. The van der Waals surface area contributed by atoms with Crippen LogP contribution in [0, 0.1) is 0 Å². The van der Waals surface area contributed by atoms with E-state index in [9.17, 15) is 9.90 Å². The highest BCUT2D eigenvalue weighted by atomic mass is 16.5. The molecule has 0 saturated carbocycles.